The van der Waals surface area contributed by atoms with Crippen molar-refractivity contribution in [1.29, 1.82) is 0 Å². The number of carbonyl (C=O) groups is 1. The normalized spacial score (nSPS) is 10.4. The summed E-state index contributed by atoms with van der Waals surface area (Å²) >= 11 is 0. The summed E-state index contributed by atoms with van der Waals surface area (Å²) in [5.74, 6) is 1.11. The first kappa shape index (κ1) is 15.8. The molecule has 0 saturated heterocycles. The Labute approximate surface area is 140 Å². The molecule has 1 heterocycles. The van der Waals surface area contributed by atoms with Crippen molar-refractivity contribution in [3.63, 3.8) is 0 Å². The fourth-order valence-electron chi connectivity index (χ4n) is 2.44. The minimum Gasteiger partial charge on any atom is -0.494 e. The number of aromatic nitrogens is 2. The lowest BCUT2D eigenvalue weighted by atomic mass is 10.2. The molecule has 1 aromatic heterocycles. The molecule has 0 radical (unpaired) electrons. The number of benzene rings is 2. The summed E-state index contributed by atoms with van der Waals surface area (Å²) in [6, 6.07) is 18.7. The highest BCUT2D eigenvalue weighted by molar-refractivity contribution is 6.04. The van der Waals surface area contributed by atoms with Crippen molar-refractivity contribution in [1.82, 2.24) is 9.78 Å². The highest BCUT2D eigenvalue weighted by Crippen LogP contribution is 2.19. The minimum absolute atomic E-state index is 0.200. The molecule has 0 atom stereocenters. The van der Waals surface area contributed by atoms with E-state index >= 15 is 0 Å². The number of anilines is 1. The highest BCUT2D eigenvalue weighted by Gasteiger charge is 2.13. The van der Waals surface area contributed by atoms with Gasteiger partial charge in [0.15, 0.2) is 0 Å². The van der Waals surface area contributed by atoms with Crippen LogP contribution in [-0.2, 0) is 0 Å². The van der Waals surface area contributed by atoms with Gasteiger partial charge in [0.25, 0.3) is 5.91 Å². The van der Waals surface area contributed by atoms with E-state index in [0.717, 1.165) is 11.4 Å². The maximum Gasteiger partial charge on any atom is 0.256 e. The molecule has 0 aliphatic carbocycles. The van der Waals surface area contributed by atoms with E-state index in [0.29, 0.717) is 23.7 Å². The lowest BCUT2D eigenvalue weighted by Gasteiger charge is -2.10. The molecule has 1 amide bonds. The fraction of sp³-hybridized carbons (Fsp3) is 0.158. The van der Waals surface area contributed by atoms with Crippen molar-refractivity contribution in [2.24, 2.45) is 0 Å². The van der Waals surface area contributed by atoms with Gasteiger partial charge in [0, 0.05) is 11.6 Å². The number of amides is 1. The lowest BCUT2D eigenvalue weighted by molar-refractivity contribution is 0.102. The molecular formula is C19H19N3O2. The second-order valence-electron chi connectivity index (χ2n) is 5.33. The van der Waals surface area contributed by atoms with E-state index in [4.69, 9.17) is 4.74 Å². The van der Waals surface area contributed by atoms with Gasteiger partial charge in [0.05, 0.1) is 18.0 Å². The Morgan fingerprint density at radius 2 is 1.92 bits per heavy atom. The van der Waals surface area contributed by atoms with E-state index in [1.54, 1.807) is 22.9 Å². The molecule has 5 nitrogen and oxygen atoms in total. The highest BCUT2D eigenvalue weighted by atomic mass is 16.5. The van der Waals surface area contributed by atoms with Crippen LogP contribution in [0.1, 0.15) is 23.0 Å². The van der Waals surface area contributed by atoms with Crippen molar-refractivity contribution in [3.8, 4) is 11.4 Å². The van der Waals surface area contributed by atoms with Crippen LogP contribution < -0.4 is 10.1 Å². The van der Waals surface area contributed by atoms with Gasteiger partial charge in [-0.25, -0.2) is 4.68 Å². The molecule has 1 N–H and O–H groups in total. The van der Waals surface area contributed by atoms with Gasteiger partial charge in [-0.15, -0.1) is 0 Å². The predicted molar refractivity (Wildman–Crippen MR) is 93.9 cm³/mol. The molecule has 0 aliphatic rings. The van der Waals surface area contributed by atoms with E-state index in [9.17, 15) is 4.79 Å². The van der Waals surface area contributed by atoms with E-state index in [1.807, 2.05) is 56.3 Å². The van der Waals surface area contributed by atoms with E-state index in [2.05, 4.69) is 10.4 Å². The van der Waals surface area contributed by atoms with Crippen molar-refractivity contribution in [2.45, 2.75) is 13.8 Å². The van der Waals surface area contributed by atoms with Crippen LogP contribution in [0.3, 0.4) is 0 Å². The molecule has 0 aliphatic heterocycles. The van der Waals surface area contributed by atoms with Gasteiger partial charge in [-0.05, 0) is 44.2 Å². The Kier molecular flexibility index (Phi) is 4.61. The summed E-state index contributed by atoms with van der Waals surface area (Å²) in [6.45, 7) is 4.36. The Hall–Kier alpha value is -3.08. The van der Waals surface area contributed by atoms with Gasteiger partial charge in [-0.1, -0.05) is 24.3 Å². The summed E-state index contributed by atoms with van der Waals surface area (Å²) in [5, 5.41) is 7.37. The van der Waals surface area contributed by atoms with Crippen molar-refractivity contribution in [3.05, 3.63) is 71.9 Å². The van der Waals surface area contributed by atoms with Gasteiger partial charge in [-0.3, -0.25) is 4.79 Å². The van der Waals surface area contributed by atoms with E-state index < -0.39 is 0 Å². The second kappa shape index (κ2) is 7.00. The number of hydrogen-bond acceptors (Lipinski definition) is 3. The number of carbonyl (C=O) groups excluding carboxylic acids is 1. The van der Waals surface area contributed by atoms with Crippen LogP contribution in [-0.4, -0.2) is 22.3 Å². The summed E-state index contributed by atoms with van der Waals surface area (Å²) in [6.07, 6.45) is 0. The fourth-order valence-corrected chi connectivity index (χ4v) is 2.44. The molecule has 3 rings (SSSR count). The Balaban J connectivity index is 1.86. The Bertz CT molecular complexity index is 841. The molecule has 0 spiro atoms. The third kappa shape index (κ3) is 3.46. The number of nitrogens with one attached hydrogen (secondary N) is 1. The van der Waals surface area contributed by atoms with Gasteiger partial charge in [0.2, 0.25) is 0 Å². The summed E-state index contributed by atoms with van der Waals surface area (Å²) in [7, 11) is 0. The molecule has 3 aromatic rings. The molecule has 2 aromatic carbocycles. The van der Waals surface area contributed by atoms with Gasteiger partial charge in [-0.2, -0.15) is 5.10 Å². The maximum absolute atomic E-state index is 12.6. The zero-order valence-electron chi connectivity index (χ0n) is 13.7. The number of nitrogens with zero attached hydrogens (tertiary/aromatic N) is 2. The van der Waals surface area contributed by atoms with E-state index in [-0.39, 0.29) is 5.91 Å². The second-order valence-corrected chi connectivity index (χ2v) is 5.33. The van der Waals surface area contributed by atoms with Crippen LogP contribution in [0, 0.1) is 6.92 Å². The molecule has 5 heteroatoms. The number of ether oxygens (including phenoxy) is 1. The van der Waals surface area contributed by atoms with Gasteiger partial charge in [0.1, 0.15) is 11.6 Å². The number of rotatable bonds is 5. The molecule has 122 valence electrons. The quantitative estimate of drug-likeness (QED) is 0.777. The van der Waals surface area contributed by atoms with Crippen molar-refractivity contribution >= 4 is 11.7 Å². The van der Waals surface area contributed by atoms with Crippen molar-refractivity contribution < 1.29 is 9.53 Å². The average molecular weight is 321 g/mol. The number of hydrogen-bond donors (Lipinski definition) is 1. The molecular weight excluding hydrogens is 302 g/mol. The Morgan fingerprint density at radius 3 is 2.67 bits per heavy atom. The van der Waals surface area contributed by atoms with Crippen LogP contribution in [0.5, 0.6) is 5.75 Å². The minimum atomic E-state index is -0.200. The van der Waals surface area contributed by atoms with Crippen LogP contribution in [0.4, 0.5) is 5.82 Å². The summed E-state index contributed by atoms with van der Waals surface area (Å²) in [5.41, 5.74) is 2.26. The van der Waals surface area contributed by atoms with Crippen molar-refractivity contribution in [2.75, 3.05) is 11.9 Å². The zero-order valence-corrected chi connectivity index (χ0v) is 13.7. The monoisotopic (exact) mass is 321 g/mol. The first-order chi connectivity index (χ1) is 11.7. The Morgan fingerprint density at radius 1 is 1.12 bits per heavy atom. The molecule has 24 heavy (non-hydrogen) atoms. The maximum atomic E-state index is 12.6. The van der Waals surface area contributed by atoms with Gasteiger partial charge >= 0.3 is 0 Å². The zero-order chi connectivity index (χ0) is 16.9. The van der Waals surface area contributed by atoms with Crippen LogP contribution in [0.25, 0.3) is 5.69 Å². The number of aryl methyl sites for hydroxylation is 1. The lowest BCUT2D eigenvalue weighted by Crippen LogP contribution is -2.15. The largest absolute Gasteiger partial charge is 0.494 e. The standard InChI is InChI=1S/C19H19N3O2/c1-3-24-17-11-7-8-15(13-17)19(23)20-18-12-14(2)21-22(18)16-9-5-4-6-10-16/h4-13H,3H2,1-2H3,(H,20,23). The first-order valence-corrected chi connectivity index (χ1v) is 7.83. The van der Waals surface area contributed by atoms with Crippen LogP contribution >= 0.6 is 0 Å². The van der Waals surface area contributed by atoms with Crippen LogP contribution in [0.15, 0.2) is 60.7 Å². The van der Waals surface area contributed by atoms with Gasteiger partial charge < -0.3 is 10.1 Å². The molecule has 0 unspecified atom stereocenters. The first-order valence-electron chi connectivity index (χ1n) is 7.83. The number of para-hydroxylation sites is 1. The SMILES string of the molecule is CCOc1cccc(C(=O)Nc2cc(C)nn2-c2ccccc2)c1. The predicted octanol–water partition coefficient (Wildman–Crippen LogP) is 3.83. The van der Waals surface area contributed by atoms with Crippen LogP contribution in [0.2, 0.25) is 0 Å². The molecule has 0 bridgehead atoms. The summed E-state index contributed by atoms with van der Waals surface area (Å²) < 4.78 is 7.17. The average Bonchev–Trinajstić information content (AvgIpc) is 2.96. The third-order valence-corrected chi connectivity index (χ3v) is 3.48. The van der Waals surface area contributed by atoms with E-state index in [1.165, 1.54) is 0 Å². The summed E-state index contributed by atoms with van der Waals surface area (Å²) in [4.78, 5) is 12.6. The third-order valence-electron chi connectivity index (χ3n) is 3.48. The molecule has 0 fully saturated rings. The topological polar surface area (TPSA) is 56.1 Å². The smallest absolute Gasteiger partial charge is 0.256 e. The molecule has 0 saturated carbocycles.